The molecular weight excluding hydrogens is 447 g/mol. The number of nitro benzene ring substituents is 1. The van der Waals surface area contributed by atoms with Crippen LogP contribution in [0.25, 0.3) is 5.69 Å². The molecule has 9 nitrogen and oxygen atoms in total. The van der Waals surface area contributed by atoms with E-state index < -0.39 is 4.92 Å². The lowest BCUT2D eigenvalue weighted by molar-refractivity contribution is -0.384. The lowest BCUT2D eigenvalue weighted by Gasteiger charge is -2.11. The van der Waals surface area contributed by atoms with Gasteiger partial charge < -0.3 is 9.88 Å². The second-order valence-electron chi connectivity index (χ2n) is 7.14. The smallest absolute Gasteiger partial charge is 0.269 e. The fourth-order valence-electron chi connectivity index (χ4n) is 3.19. The van der Waals surface area contributed by atoms with Crippen LogP contribution in [-0.4, -0.2) is 35.9 Å². The summed E-state index contributed by atoms with van der Waals surface area (Å²) < 4.78 is 17.3. The summed E-state index contributed by atoms with van der Waals surface area (Å²) in [5.41, 5.74) is 2.11. The molecule has 0 radical (unpaired) electrons. The number of carbonyl (C=O) groups is 1. The Kier molecular flexibility index (Phi) is 6.50. The molecule has 2 heterocycles. The van der Waals surface area contributed by atoms with E-state index in [1.165, 1.54) is 48.2 Å². The number of carbonyl (C=O) groups excluding carboxylic acids is 1. The van der Waals surface area contributed by atoms with E-state index in [4.69, 9.17) is 0 Å². The van der Waals surface area contributed by atoms with Crippen LogP contribution < -0.4 is 5.32 Å². The van der Waals surface area contributed by atoms with Crippen molar-refractivity contribution in [3.8, 4) is 5.69 Å². The molecule has 4 rings (SSSR count). The highest BCUT2D eigenvalue weighted by molar-refractivity contribution is 7.99. The van der Waals surface area contributed by atoms with Gasteiger partial charge in [0.1, 0.15) is 11.6 Å². The monoisotopic (exact) mass is 466 g/mol. The van der Waals surface area contributed by atoms with E-state index in [0.717, 1.165) is 5.69 Å². The fourth-order valence-corrected chi connectivity index (χ4v) is 3.96. The first-order valence-electron chi connectivity index (χ1n) is 9.88. The molecule has 0 aliphatic heterocycles. The van der Waals surface area contributed by atoms with E-state index >= 15 is 0 Å². The molecule has 2 aromatic carbocycles. The second-order valence-corrected chi connectivity index (χ2v) is 8.08. The van der Waals surface area contributed by atoms with Gasteiger partial charge in [0.25, 0.3) is 5.69 Å². The summed E-state index contributed by atoms with van der Waals surface area (Å²) in [5.74, 6) is 0.0428. The van der Waals surface area contributed by atoms with Gasteiger partial charge in [0.15, 0.2) is 5.16 Å². The molecule has 0 spiro atoms. The standard InChI is InChI=1S/C22H19FN6O3S/c1-27-12-2-3-19(27)13-20-25-26-22(28(20)17-8-4-15(23)5-9-17)33-14-21(30)24-16-6-10-18(11-7-16)29(31)32/h2-12H,13-14H2,1H3,(H,24,30). The molecule has 2 aromatic heterocycles. The molecule has 0 aliphatic rings. The molecule has 0 bridgehead atoms. The minimum atomic E-state index is -0.503. The van der Waals surface area contributed by atoms with Crippen molar-refractivity contribution in [2.24, 2.45) is 7.05 Å². The van der Waals surface area contributed by atoms with E-state index in [-0.39, 0.29) is 23.2 Å². The minimum absolute atomic E-state index is 0.0421. The third kappa shape index (κ3) is 5.26. The molecule has 0 atom stereocenters. The Morgan fingerprint density at radius 3 is 2.48 bits per heavy atom. The number of rotatable bonds is 8. The second kappa shape index (κ2) is 9.65. The van der Waals surface area contributed by atoms with Gasteiger partial charge in [0.05, 0.1) is 10.7 Å². The number of non-ortho nitro benzene ring substituents is 1. The van der Waals surface area contributed by atoms with Crippen LogP contribution in [0.15, 0.2) is 72.0 Å². The topological polar surface area (TPSA) is 108 Å². The maximum atomic E-state index is 13.5. The highest BCUT2D eigenvalue weighted by Gasteiger charge is 2.17. The number of thioether (sulfide) groups is 1. The van der Waals surface area contributed by atoms with Gasteiger partial charge in [0.2, 0.25) is 5.91 Å². The van der Waals surface area contributed by atoms with E-state index in [0.29, 0.717) is 28.8 Å². The molecule has 11 heteroatoms. The number of halogens is 1. The highest BCUT2D eigenvalue weighted by atomic mass is 32.2. The SMILES string of the molecule is Cn1cccc1Cc1nnc(SCC(=O)Nc2ccc([N+](=O)[O-])cc2)n1-c1ccc(F)cc1. The molecule has 0 fully saturated rings. The fraction of sp³-hybridized carbons (Fsp3) is 0.136. The molecule has 0 unspecified atom stereocenters. The maximum absolute atomic E-state index is 13.5. The normalized spacial score (nSPS) is 10.8. The molecule has 168 valence electrons. The van der Waals surface area contributed by atoms with Crippen molar-refractivity contribution in [2.45, 2.75) is 11.6 Å². The number of amides is 1. The Balaban J connectivity index is 1.51. The van der Waals surface area contributed by atoms with Gasteiger partial charge >= 0.3 is 0 Å². The van der Waals surface area contributed by atoms with E-state index in [1.54, 1.807) is 16.7 Å². The average Bonchev–Trinajstić information content (AvgIpc) is 3.39. The van der Waals surface area contributed by atoms with Gasteiger partial charge in [-0.25, -0.2) is 4.39 Å². The summed E-state index contributed by atoms with van der Waals surface area (Å²) in [4.78, 5) is 22.7. The van der Waals surface area contributed by atoms with Crippen LogP contribution in [0, 0.1) is 15.9 Å². The number of aromatic nitrogens is 4. The lowest BCUT2D eigenvalue weighted by Crippen LogP contribution is -2.14. The first-order chi connectivity index (χ1) is 15.9. The number of anilines is 1. The van der Waals surface area contributed by atoms with Crippen LogP contribution in [0.5, 0.6) is 0 Å². The van der Waals surface area contributed by atoms with Crippen molar-refractivity contribution < 1.29 is 14.1 Å². The molecule has 33 heavy (non-hydrogen) atoms. The molecule has 1 N–H and O–H groups in total. The van der Waals surface area contributed by atoms with Crippen molar-refractivity contribution in [2.75, 3.05) is 11.1 Å². The Hall–Kier alpha value is -3.99. The zero-order valence-electron chi connectivity index (χ0n) is 17.5. The summed E-state index contributed by atoms with van der Waals surface area (Å²) >= 11 is 1.19. The van der Waals surface area contributed by atoms with Gasteiger partial charge in [-0.3, -0.25) is 19.5 Å². The Morgan fingerprint density at radius 1 is 1.12 bits per heavy atom. The molecule has 4 aromatic rings. The molecular formula is C22H19FN6O3S. The van der Waals surface area contributed by atoms with Gasteiger partial charge in [-0.2, -0.15) is 0 Å². The van der Waals surface area contributed by atoms with Gasteiger partial charge in [-0.05, 0) is 48.5 Å². The van der Waals surface area contributed by atoms with E-state index in [1.807, 2.05) is 29.9 Å². The number of hydrogen-bond acceptors (Lipinski definition) is 6. The van der Waals surface area contributed by atoms with Crippen LogP contribution in [0.1, 0.15) is 11.5 Å². The zero-order valence-corrected chi connectivity index (χ0v) is 18.3. The summed E-state index contributed by atoms with van der Waals surface area (Å²) in [6, 6.07) is 15.5. The lowest BCUT2D eigenvalue weighted by atomic mass is 10.2. The third-order valence-corrected chi connectivity index (χ3v) is 5.80. The number of benzene rings is 2. The molecule has 1 amide bonds. The summed E-state index contributed by atoms with van der Waals surface area (Å²) in [6.07, 6.45) is 2.44. The molecule has 0 saturated heterocycles. The van der Waals surface area contributed by atoms with Crippen molar-refractivity contribution in [1.82, 2.24) is 19.3 Å². The van der Waals surface area contributed by atoms with Crippen molar-refractivity contribution in [3.63, 3.8) is 0 Å². The van der Waals surface area contributed by atoms with Gasteiger partial charge in [-0.15, -0.1) is 10.2 Å². The number of aryl methyl sites for hydroxylation is 1. The summed E-state index contributed by atoms with van der Waals surface area (Å²) in [5, 5.41) is 22.5. The highest BCUT2D eigenvalue weighted by Crippen LogP contribution is 2.24. The van der Waals surface area contributed by atoms with Crippen molar-refractivity contribution in [1.29, 1.82) is 0 Å². The Labute approximate surface area is 192 Å². The number of nitrogens with zero attached hydrogens (tertiary/aromatic N) is 5. The predicted octanol–water partition coefficient (Wildman–Crippen LogP) is 3.97. The first kappa shape index (κ1) is 22.2. The third-order valence-electron chi connectivity index (χ3n) is 4.87. The minimum Gasteiger partial charge on any atom is -0.354 e. The van der Waals surface area contributed by atoms with Crippen LogP contribution in [0.3, 0.4) is 0 Å². The molecule has 0 aliphatic carbocycles. The Morgan fingerprint density at radius 2 is 1.85 bits per heavy atom. The largest absolute Gasteiger partial charge is 0.354 e. The number of hydrogen-bond donors (Lipinski definition) is 1. The van der Waals surface area contributed by atoms with Crippen molar-refractivity contribution in [3.05, 3.63) is 94.3 Å². The summed E-state index contributed by atoms with van der Waals surface area (Å²) in [6.45, 7) is 0. The number of nitrogens with one attached hydrogen (secondary N) is 1. The maximum Gasteiger partial charge on any atom is 0.269 e. The van der Waals surface area contributed by atoms with Crippen LogP contribution in [-0.2, 0) is 18.3 Å². The van der Waals surface area contributed by atoms with Crippen LogP contribution in [0.2, 0.25) is 0 Å². The first-order valence-corrected chi connectivity index (χ1v) is 10.9. The van der Waals surface area contributed by atoms with Crippen LogP contribution in [0.4, 0.5) is 15.8 Å². The predicted molar refractivity (Wildman–Crippen MR) is 122 cm³/mol. The number of nitro groups is 1. The Bertz CT molecular complexity index is 1280. The van der Waals surface area contributed by atoms with E-state index in [9.17, 15) is 19.3 Å². The summed E-state index contributed by atoms with van der Waals surface area (Å²) in [7, 11) is 1.94. The quantitative estimate of drug-likeness (QED) is 0.239. The van der Waals surface area contributed by atoms with Crippen LogP contribution >= 0.6 is 11.8 Å². The van der Waals surface area contributed by atoms with Crippen molar-refractivity contribution >= 4 is 29.0 Å². The zero-order chi connectivity index (χ0) is 23.4. The molecule has 0 saturated carbocycles. The van der Waals surface area contributed by atoms with Gasteiger partial charge in [0, 0.05) is 48.9 Å². The van der Waals surface area contributed by atoms with Gasteiger partial charge in [-0.1, -0.05) is 11.8 Å². The average molecular weight is 466 g/mol. The van der Waals surface area contributed by atoms with E-state index in [2.05, 4.69) is 15.5 Å².